The van der Waals surface area contributed by atoms with Crippen molar-refractivity contribution >= 4 is 32.2 Å². The molecule has 1 amide bonds. The molecular formula is C25H22N2O3S2. The van der Waals surface area contributed by atoms with Crippen LogP contribution in [0.2, 0.25) is 0 Å². The van der Waals surface area contributed by atoms with Crippen molar-refractivity contribution < 1.29 is 13.2 Å². The number of nitrogens with one attached hydrogen (secondary N) is 1. The summed E-state index contributed by atoms with van der Waals surface area (Å²) in [5, 5.41) is 5.11. The first-order chi connectivity index (χ1) is 15.4. The number of amides is 1. The van der Waals surface area contributed by atoms with Crippen LogP contribution in [0.25, 0.3) is 11.3 Å². The molecule has 0 fully saturated rings. The van der Waals surface area contributed by atoms with Crippen molar-refractivity contribution in [3.8, 4) is 11.3 Å². The number of rotatable bonds is 7. The predicted octanol–water partition coefficient (Wildman–Crippen LogP) is 5.45. The number of thiazole rings is 1. The second-order valence-electron chi connectivity index (χ2n) is 7.28. The number of nitrogens with zero attached hydrogens (tertiary/aromatic N) is 1. The van der Waals surface area contributed by atoms with Crippen LogP contribution in [-0.4, -0.2) is 25.1 Å². The van der Waals surface area contributed by atoms with Crippen molar-refractivity contribution in [2.45, 2.75) is 18.2 Å². The Morgan fingerprint density at radius 3 is 2.38 bits per heavy atom. The van der Waals surface area contributed by atoms with Crippen LogP contribution in [0.3, 0.4) is 0 Å². The van der Waals surface area contributed by atoms with Crippen molar-refractivity contribution in [3.05, 3.63) is 101 Å². The normalized spacial score (nSPS) is 11.3. The van der Waals surface area contributed by atoms with Crippen molar-refractivity contribution in [1.82, 2.24) is 4.98 Å². The van der Waals surface area contributed by atoms with Gasteiger partial charge in [-0.25, -0.2) is 13.4 Å². The average Bonchev–Trinajstić information content (AvgIpc) is 3.29. The SMILES string of the molecule is CCS(=O)(=O)c1cccc(C(=O)Nc2nc(-c3ccc(Cc4ccccc4)cc3)cs2)c1. The van der Waals surface area contributed by atoms with Crippen LogP contribution in [0.4, 0.5) is 5.13 Å². The Balaban J connectivity index is 1.45. The maximum Gasteiger partial charge on any atom is 0.257 e. The smallest absolute Gasteiger partial charge is 0.257 e. The lowest BCUT2D eigenvalue weighted by Gasteiger charge is -2.05. The minimum Gasteiger partial charge on any atom is -0.298 e. The Morgan fingerprint density at radius 1 is 0.938 bits per heavy atom. The molecule has 4 rings (SSSR count). The molecule has 0 saturated carbocycles. The highest BCUT2D eigenvalue weighted by Crippen LogP contribution is 2.26. The molecule has 5 nitrogen and oxygen atoms in total. The Hall–Kier alpha value is -3.29. The van der Waals surface area contributed by atoms with Gasteiger partial charge in [0.25, 0.3) is 5.91 Å². The molecule has 162 valence electrons. The van der Waals surface area contributed by atoms with Gasteiger partial charge in [0.1, 0.15) is 0 Å². The maximum atomic E-state index is 12.6. The zero-order valence-corrected chi connectivity index (χ0v) is 19.1. The van der Waals surface area contributed by atoms with Crippen LogP contribution in [0.5, 0.6) is 0 Å². The Bertz CT molecular complexity index is 1330. The van der Waals surface area contributed by atoms with Crippen molar-refractivity contribution in [2.24, 2.45) is 0 Å². The van der Waals surface area contributed by atoms with Crippen LogP contribution in [0.15, 0.2) is 89.1 Å². The lowest BCUT2D eigenvalue weighted by Crippen LogP contribution is -2.13. The number of carbonyl (C=O) groups excluding carboxylic acids is 1. The van der Waals surface area contributed by atoms with Gasteiger partial charge in [0, 0.05) is 16.5 Å². The first kappa shape index (κ1) is 21.9. The minimum atomic E-state index is -3.38. The van der Waals surface area contributed by atoms with Crippen molar-refractivity contribution in [1.29, 1.82) is 0 Å². The molecule has 4 aromatic rings. The van der Waals surface area contributed by atoms with Gasteiger partial charge < -0.3 is 0 Å². The van der Waals surface area contributed by atoms with Crippen molar-refractivity contribution in [3.63, 3.8) is 0 Å². The molecule has 0 saturated heterocycles. The molecule has 32 heavy (non-hydrogen) atoms. The summed E-state index contributed by atoms with van der Waals surface area (Å²) in [6, 6.07) is 24.6. The summed E-state index contributed by atoms with van der Waals surface area (Å²) in [5.74, 6) is -0.407. The highest BCUT2D eigenvalue weighted by atomic mass is 32.2. The van der Waals surface area contributed by atoms with Gasteiger partial charge in [-0.1, -0.05) is 67.6 Å². The summed E-state index contributed by atoms with van der Waals surface area (Å²) in [5.41, 5.74) is 4.50. The van der Waals surface area contributed by atoms with E-state index in [0.717, 1.165) is 17.7 Å². The van der Waals surface area contributed by atoms with Crippen molar-refractivity contribution in [2.75, 3.05) is 11.1 Å². The molecule has 1 N–H and O–H groups in total. The second-order valence-corrected chi connectivity index (χ2v) is 10.4. The highest BCUT2D eigenvalue weighted by molar-refractivity contribution is 7.91. The van der Waals surface area contributed by atoms with Crippen LogP contribution in [-0.2, 0) is 16.3 Å². The monoisotopic (exact) mass is 462 g/mol. The fourth-order valence-electron chi connectivity index (χ4n) is 3.26. The second kappa shape index (κ2) is 9.46. The predicted molar refractivity (Wildman–Crippen MR) is 129 cm³/mol. The Labute approximate surface area is 191 Å². The van der Waals surface area contributed by atoms with Gasteiger partial charge in [-0.3, -0.25) is 10.1 Å². The summed E-state index contributed by atoms with van der Waals surface area (Å²) >= 11 is 1.33. The van der Waals surface area contributed by atoms with Crippen LogP contribution in [0, 0.1) is 0 Å². The van der Waals surface area contributed by atoms with E-state index in [0.29, 0.717) is 5.13 Å². The third-order valence-electron chi connectivity index (χ3n) is 5.06. The van der Waals surface area contributed by atoms with Crippen LogP contribution >= 0.6 is 11.3 Å². The number of benzene rings is 3. The van der Waals surface area contributed by atoms with Gasteiger partial charge in [-0.2, -0.15) is 0 Å². The van der Waals surface area contributed by atoms with Gasteiger partial charge in [0.2, 0.25) is 0 Å². The van der Waals surface area contributed by atoms with E-state index in [9.17, 15) is 13.2 Å². The lowest BCUT2D eigenvalue weighted by molar-refractivity contribution is 0.102. The van der Waals surface area contributed by atoms with E-state index in [4.69, 9.17) is 0 Å². The number of aromatic nitrogens is 1. The van der Waals surface area contributed by atoms with E-state index in [1.807, 2.05) is 35.7 Å². The van der Waals surface area contributed by atoms with Gasteiger partial charge in [-0.15, -0.1) is 11.3 Å². The minimum absolute atomic E-state index is 0.0158. The maximum absolute atomic E-state index is 12.6. The topological polar surface area (TPSA) is 76.1 Å². The molecule has 1 heterocycles. The van der Waals surface area contributed by atoms with E-state index >= 15 is 0 Å². The van der Waals surface area contributed by atoms with Crippen LogP contribution < -0.4 is 5.32 Å². The number of sulfone groups is 1. The highest BCUT2D eigenvalue weighted by Gasteiger charge is 2.15. The fourth-order valence-corrected chi connectivity index (χ4v) is 4.90. The zero-order valence-electron chi connectivity index (χ0n) is 17.5. The fraction of sp³-hybridized carbons (Fsp3) is 0.120. The molecule has 0 aliphatic carbocycles. The lowest BCUT2D eigenvalue weighted by atomic mass is 10.0. The van der Waals surface area contributed by atoms with Gasteiger partial charge in [0.05, 0.1) is 16.3 Å². The zero-order chi connectivity index (χ0) is 22.6. The molecule has 3 aromatic carbocycles. The summed E-state index contributed by atoms with van der Waals surface area (Å²) in [6.45, 7) is 1.58. The van der Waals surface area contributed by atoms with E-state index in [1.54, 1.807) is 19.1 Å². The first-order valence-electron chi connectivity index (χ1n) is 10.2. The van der Waals surface area contributed by atoms with E-state index in [-0.39, 0.29) is 16.2 Å². The van der Waals surface area contributed by atoms with Gasteiger partial charge in [0.15, 0.2) is 15.0 Å². The number of carbonyl (C=O) groups is 1. The summed E-state index contributed by atoms with van der Waals surface area (Å²) in [4.78, 5) is 17.3. The molecule has 0 radical (unpaired) electrons. The summed E-state index contributed by atoms with van der Waals surface area (Å²) < 4.78 is 24.2. The number of anilines is 1. The molecule has 7 heteroatoms. The van der Waals surface area contributed by atoms with Crippen LogP contribution in [0.1, 0.15) is 28.4 Å². The van der Waals surface area contributed by atoms with Gasteiger partial charge >= 0.3 is 0 Å². The average molecular weight is 463 g/mol. The Kier molecular flexibility index (Phi) is 6.48. The molecule has 0 aliphatic heterocycles. The number of hydrogen-bond acceptors (Lipinski definition) is 5. The quantitative estimate of drug-likeness (QED) is 0.396. The largest absolute Gasteiger partial charge is 0.298 e. The number of hydrogen-bond donors (Lipinski definition) is 1. The van der Waals surface area contributed by atoms with E-state index in [1.165, 1.54) is 34.6 Å². The molecular weight excluding hydrogens is 440 g/mol. The molecule has 0 aliphatic rings. The first-order valence-corrected chi connectivity index (χ1v) is 12.7. The Morgan fingerprint density at radius 2 is 1.66 bits per heavy atom. The molecule has 0 atom stereocenters. The molecule has 0 spiro atoms. The van der Waals surface area contributed by atoms with E-state index in [2.05, 4.69) is 34.6 Å². The summed E-state index contributed by atoms with van der Waals surface area (Å²) in [6.07, 6.45) is 0.867. The van der Waals surface area contributed by atoms with Gasteiger partial charge in [-0.05, 0) is 35.7 Å². The van der Waals surface area contributed by atoms with E-state index < -0.39 is 15.7 Å². The molecule has 0 unspecified atom stereocenters. The summed E-state index contributed by atoms with van der Waals surface area (Å²) in [7, 11) is -3.38. The molecule has 0 bridgehead atoms. The standard InChI is InChI=1S/C25H22N2O3S2/c1-2-32(29,30)22-10-6-9-21(16-22)24(28)27-25-26-23(17-31-25)20-13-11-19(12-14-20)15-18-7-4-3-5-8-18/h3-14,16-17H,2,15H2,1H3,(H,26,27,28). The molecule has 1 aromatic heterocycles. The third kappa shape index (κ3) is 5.12. The third-order valence-corrected chi connectivity index (χ3v) is 7.55.